The van der Waals surface area contributed by atoms with E-state index in [1.54, 1.807) is 36.5 Å². The molecule has 0 saturated heterocycles. The van der Waals surface area contributed by atoms with Gasteiger partial charge in [0.15, 0.2) is 5.75 Å². The van der Waals surface area contributed by atoms with E-state index in [1.165, 1.54) is 6.07 Å². The second kappa shape index (κ2) is 6.02. The first-order chi connectivity index (χ1) is 11.1. The van der Waals surface area contributed by atoms with Crippen molar-refractivity contribution in [3.05, 3.63) is 52.6 Å². The van der Waals surface area contributed by atoms with Gasteiger partial charge in [-0.25, -0.2) is 0 Å². The summed E-state index contributed by atoms with van der Waals surface area (Å²) < 4.78 is 6.16. The highest BCUT2D eigenvalue weighted by Gasteiger charge is 2.16. The number of benzene rings is 2. The molecule has 6 nitrogen and oxygen atoms in total. The molecule has 0 spiro atoms. The number of aromatic amines is 1. The molecular weight excluding hydrogens is 362 g/mol. The van der Waals surface area contributed by atoms with Crippen molar-refractivity contribution in [2.75, 3.05) is 0 Å². The number of nitrogens with one attached hydrogen (secondary N) is 1. The average molecular weight is 372 g/mol. The number of nitrogens with zero attached hydrogens (tertiary/aromatic N) is 2. The second-order valence-corrected chi connectivity index (χ2v) is 5.51. The average Bonchev–Trinajstić information content (AvgIpc) is 2.99. The maximum atomic E-state index is 10.0. The van der Waals surface area contributed by atoms with Gasteiger partial charge in [0, 0.05) is 11.6 Å². The van der Waals surface area contributed by atoms with E-state index in [-0.39, 0.29) is 11.5 Å². The standard InChI is InChI=1S/C16H10BrN3O3/c17-12-5-11(13(21)6-14(12)22)16-15(8-19-20-16)23-10-3-1-9(7-18)2-4-10/h1-6,8,21-22H,(H,19,20). The zero-order valence-corrected chi connectivity index (χ0v) is 13.2. The number of rotatable bonds is 3. The van der Waals surface area contributed by atoms with E-state index in [1.807, 2.05) is 6.07 Å². The van der Waals surface area contributed by atoms with E-state index in [9.17, 15) is 10.2 Å². The molecule has 3 aromatic rings. The minimum Gasteiger partial charge on any atom is -0.507 e. The number of hydrogen-bond donors (Lipinski definition) is 3. The molecule has 1 heterocycles. The molecule has 3 N–H and O–H groups in total. The minimum absolute atomic E-state index is 0.0728. The molecule has 0 saturated carbocycles. The smallest absolute Gasteiger partial charge is 0.173 e. The minimum atomic E-state index is -0.123. The Kier molecular flexibility index (Phi) is 3.91. The van der Waals surface area contributed by atoms with Gasteiger partial charge in [-0.3, -0.25) is 5.10 Å². The summed E-state index contributed by atoms with van der Waals surface area (Å²) in [6.45, 7) is 0. The van der Waals surface area contributed by atoms with Crippen molar-refractivity contribution in [2.45, 2.75) is 0 Å². The Morgan fingerprint density at radius 3 is 2.57 bits per heavy atom. The molecule has 0 fully saturated rings. The number of phenols is 2. The first-order valence-electron chi connectivity index (χ1n) is 6.52. The van der Waals surface area contributed by atoms with Crippen LogP contribution in [0, 0.1) is 11.3 Å². The number of halogens is 1. The fourth-order valence-electron chi connectivity index (χ4n) is 2.01. The SMILES string of the molecule is N#Cc1ccc(Oc2c[nH]nc2-c2cc(Br)c(O)cc2O)cc1. The van der Waals surface area contributed by atoms with E-state index in [0.29, 0.717) is 32.8 Å². The molecule has 0 atom stereocenters. The van der Waals surface area contributed by atoms with Crippen molar-refractivity contribution < 1.29 is 14.9 Å². The van der Waals surface area contributed by atoms with Gasteiger partial charge in [-0.1, -0.05) is 0 Å². The number of aromatic nitrogens is 2. The van der Waals surface area contributed by atoms with Crippen molar-refractivity contribution in [2.24, 2.45) is 0 Å². The predicted octanol–water partition coefficient (Wildman–Crippen LogP) is 3.91. The van der Waals surface area contributed by atoms with Gasteiger partial charge in [0.1, 0.15) is 22.9 Å². The topological polar surface area (TPSA) is 102 Å². The molecule has 0 unspecified atom stereocenters. The summed E-state index contributed by atoms with van der Waals surface area (Å²) in [5.41, 5.74) is 1.33. The number of ether oxygens (including phenoxy) is 1. The lowest BCUT2D eigenvalue weighted by atomic mass is 10.1. The van der Waals surface area contributed by atoms with Crippen LogP contribution in [0.3, 0.4) is 0 Å². The zero-order valence-electron chi connectivity index (χ0n) is 11.6. The van der Waals surface area contributed by atoms with Crippen LogP contribution in [0.1, 0.15) is 5.56 Å². The number of phenolic OH excluding ortho intramolecular Hbond substituents is 2. The Balaban J connectivity index is 1.96. The van der Waals surface area contributed by atoms with Crippen LogP contribution in [-0.2, 0) is 0 Å². The lowest BCUT2D eigenvalue weighted by Crippen LogP contribution is -1.87. The van der Waals surface area contributed by atoms with Crippen LogP contribution in [0.25, 0.3) is 11.3 Å². The third-order valence-electron chi connectivity index (χ3n) is 3.14. The molecule has 0 aliphatic carbocycles. The molecule has 2 aromatic carbocycles. The number of hydrogen-bond acceptors (Lipinski definition) is 5. The Morgan fingerprint density at radius 2 is 1.87 bits per heavy atom. The lowest BCUT2D eigenvalue weighted by molar-refractivity contribution is 0.448. The first kappa shape index (κ1) is 14.9. The van der Waals surface area contributed by atoms with E-state index in [0.717, 1.165) is 0 Å². The van der Waals surface area contributed by atoms with Crippen LogP contribution < -0.4 is 4.74 Å². The molecule has 7 heteroatoms. The van der Waals surface area contributed by atoms with Gasteiger partial charge in [-0.15, -0.1) is 0 Å². The summed E-state index contributed by atoms with van der Waals surface area (Å²) in [4.78, 5) is 0. The number of aromatic hydroxyl groups is 2. The van der Waals surface area contributed by atoms with Crippen molar-refractivity contribution >= 4 is 15.9 Å². The Hall–Kier alpha value is -2.98. The van der Waals surface area contributed by atoms with Crippen LogP contribution >= 0.6 is 15.9 Å². The third-order valence-corrected chi connectivity index (χ3v) is 3.77. The van der Waals surface area contributed by atoms with Gasteiger partial charge in [0.2, 0.25) is 0 Å². The fourth-order valence-corrected chi connectivity index (χ4v) is 2.36. The lowest BCUT2D eigenvalue weighted by Gasteiger charge is -2.08. The summed E-state index contributed by atoms with van der Waals surface area (Å²) in [7, 11) is 0. The quantitative estimate of drug-likeness (QED) is 0.647. The van der Waals surface area contributed by atoms with Gasteiger partial charge >= 0.3 is 0 Å². The van der Waals surface area contributed by atoms with Crippen LogP contribution in [0.2, 0.25) is 0 Å². The Morgan fingerprint density at radius 1 is 1.13 bits per heavy atom. The Labute approximate surface area is 139 Å². The summed E-state index contributed by atoms with van der Waals surface area (Å²) in [5, 5.41) is 35.2. The van der Waals surface area contributed by atoms with Gasteiger partial charge in [0.05, 0.1) is 22.3 Å². The van der Waals surface area contributed by atoms with E-state index >= 15 is 0 Å². The van der Waals surface area contributed by atoms with E-state index in [2.05, 4.69) is 26.1 Å². The maximum absolute atomic E-state index is 10.0. The normalized spacial score (nSPS) is 10.3. The van der Waals surface area contributed by atoms with Crippen LogP contribution in [0.5, 0.6) is 23.0 Å². The molecule has 114 valence electrons. The summed E-state index contributed by atoms with van der Waals surface area (Å²) in [6.07, 6.45) is 1.55. The van der Waals surface area contributed by atoms with Gasteiger partial charge in [-0.05, 0) is 46.3 Å². The van der Waals surface area contributed by atoms with Crippen LogP contribution in [-0.4, -0.2) is 20.4 Å². The molecule has 23 heavy (non-hydrogen) atoms. The molecule has 0 bridgehead atoms. The Bertz CT molecular complexity index is 898. The molecule has 3 rings (SSSR count). The van der Waals surface area contributed by atoms with Gasteiger partial charge < -0.3 is 14.9 Å². The van der Waals surface area contributed by atoms with Crippen molar-refractivity contribution in [3.63, 3.8) is 0 Å². The zero-order chi connectivity index (χ0) is 16.4. The van der Waals surface area contributed by atoms with Crippen LogP contribution in [0.15, 0.2) is 47.1 Å². The maximum Gasteiger partial charge on any atom is 0.173 e. The van der Waals surface area contributed by atoms with Crippen molar-refractivity contribution in [1.29, 1.82) is 5.26 Å². The molecule has 1 aromatic heterocycles. The molecule has 0 radical (unpaired) electrons. The number of nitriles is 1. The second-order valence-electron chi connectivity index (χ2n) is 4.66. The van der Waals surface area contributed by atoms with Gasteiger partial charge in [0.25, 0.3) is 0 Å². The van der Waals surface area contributed by atoms with Gasteiger partial charge in [-0.2, -0.15) is 10.4 Å². The van der Waals surface area contributed by atoms with Crippen LogP contribution in [0.4, 0.5) is 0 Å². The van der Waals surface area contributed by atoms with E-state index < -0.39 is 0 Å². The third kappa shape index (κ3) is 2.98. The molecule has 0 aliphatic rings. The van der Waals surface area contributed by atoms with Crippen molar-refractivity contribution in [1.82, 2.24) is 10.2 Å². The molecule has 0 amide bonds. The predicted molar refractivity (Wildman–Crippen MR) is 86.3 cm³/mol. The summed E-state index contributed by atoms with van der Waals surface area (Å²) >= 11 is 3.20. The fraction of sp³-hybridized carbons (Fsp3) is 0. The first-order valence-corrected chi connectivity index (χ1v) is 7.31. The highest BCUT2D eigenvalue weighted by molar-refractivity contribution is 9.10. The molecule has 0 aliphatic heterocycles. The number of H-pyrrole nitrogens is 1. The highest BCUT2D eigenvalue weighted by atomic mass is 79.9. The van der Waals surface area contributed by atoms with Crippen molar-refractivity contribution in [3.8, 4) is 40.3 Å². The van der Waals surface area contributed by atoms with E-state index in [4.69, 9.17) is 10.00 Å². The monoisotopic (exact) mass is 371 g/mol. The summed E-state index contributed by atoms with van der Waals surface area (Å²) in [5.74, 6) is 0.741. The largest absolute Gasteiger partial charge is 0.507 e. The molecular formula is C16H10BrN3O3. The highest BCUT2D eigenvalue weighted by Crippen LogP contribution is 2.40. The summed E-state index contributed by atoms with van der Waals surface area (Å²) in [6, 6.07) is 11.4.